The van der Waals surface area contributed by atoms with Gasteiger partial charge in [-0.15, -0.1) is 24.0 Å². The molecule has 1 aromatic rings. The summed E-state index contributed by atoms with van der Waals surface area (Å²) in [5, 5.41) is 6.82. The van der Waals surface area contributed by atoms with Gasteiger partial charge in [0.15, 0.2) is 17.5 Å². The Balaban J connectivity index is 0.00000320. The van der Waals surface area contributed by atoms with E-state index in [1.54, 1.807) is 14.2 Å². The van der Waals surface area contributed by atoms with Gasteiger partial charge in [0.25, 0.3) is 0 Å². The van der Waals surface area contributed by atoms with E-state index in [2.05, 4.69) is 15.6 Å². The molecule has 2 fully saturated rings. The zero-order valence-electron chi connectivity index (χ0n) is 18.3. The van der Waals surface area contributed by atoms with Crippen LogP contribution in [0.2, 0.25) is 0 Å². The molecule has 1 aromatic carbocycles. The molecular weight excluding hydrogens is 495 g/mol. The number of guanidine groups is 1. The molecule has 2 aliphatic rings. The highest BCUT2D eigenvalue weighted by Crippen LogP contribution is 2.29. The summed E-state index contributed by atoms with van der Waals surface area (Å²) >= 11 is 0. The van der Waals surface area contributed by atoms with Crippen LogP contribution in [0.25, 0.3) is 0 Å². The molecule has 1 atom stereocenters. The van der Waals surface area contributed by atoms with Gasteiger partial charge in [-0.1, -0.05) is 18.9 Å². The molecule has 1 amide bonds. The number of amides is 1. The van der Waals surface area contributed by atoms with Crippen molar-refractivity contribution in [1.29, 1.82) is 0 Å². The van der Waals surface area contributed by atoms with Gasteiger partial charge in [0.05, 0.1) is 13.7 Å². The van der Waals surface area contributed by atoms with E-state index >= 15 is 0 Å². The molecule has 1 saturated carbocycles. The number of rotatable bonds is 7. The van der Waals surface area contributed by atoms with Crippen molar-refractivity contribution in [1.82, 2.24) is 15.5 Å². The molecule has 0 bridgehead atoms. The van der Waals surface area contributed by atoms with E-state index in [-0.39, 0.29) is 35.9 Å². The predicted molar refractivity (Wildman–Crippen MR) is 130 cm³/mol. The summed E-state index contributed by atoms with van der Waals surface area (Å²) in [5.74, 6) is 2.82. The fourth-order valence-corrected chi connectivity index (χ4v) is 4.18. The van der Waals surface area contributed by atoms with E-state index in [1.807, 2.05) is 30.0 Å². The Morgan fingerprint density at radius 3 is 2.67 bits per heavy atom. The largest absolute Gasteiger partial charge is 0.493 e. The van der Waals surface area contributed by atoms with Crippen molar-refractivity contribution in [2.45, 2.75) is 51.6 Å². The second kappa shape index (κ2) is 12.2. The van der Waals surface area contributed by atoms with Crippen LogP contribution in [0.15, 0.2) is 23.2 Å². The summed E-state index contributed by atoms with van der Waals surface area (Å²) in [6.45, 7) is 4.77. The molecule has 1 aliphatic carbocycles. The zero-order valence-corrected chi connectivity index (χ0v) is 20.6. The summed E-state index contributed by atoms with van der Waals surface area (Å²) in [6, 6.07) is 6.16. The minimum Gasteiger partial charge on any atom is -0.493 e. The summed E-state index contributed by atoms with van der Waals surface area (Å²) in [7, 11) is 3.41. The van der Waals surface area contributed by atoms with Gasteiger partial charge >= 0.3 is 0 Å². The third kappa shape index (κ3) is 6.39. The van der Waals surface area contributed by atoms with Crippen molar-refractivity contribution in [3.05, 3.63) is 23.8 Å². The van der Waals surface area contributed by atoms with Gasteiger partial charge in [-0.25, -0.2) is 0 Å². The summed E-state index contributed by atoms with van der Waals surface area (Å²) in [5.41, 5.74) is 1.08. The molecule has 7 nitrogen and oxygen atoms in total. The number of halogens is 1. The Morgan fingerprint density at radius 2 is 2.00 bits per heavy atom. The lowest BCUT2D eigenvalue weighted by molar-refractivity contribution is -0.134. The predicted octanol–water partition coefficient (Wildman–Crippen LogP) is 3.17. The number of nitrogens with zero attached hydrogens (tertiary/aromatic N) is 2. The van der Waals surface area contributed by atoms with Crippen LogP contribution in [0.1, 0.15) is 44.6 Å². The van der Waals surface area contributed by atoms with Crippen LogP contribution in [-0.2, 0) is 11.3 Å². The van der Waals surface area contributed by atoms with Gasteiger partial charge in [0.1, 0.15) is 0 Å². The number of carbonyl (C=O) groups is 1. The molecule has 3 rings (SSSR count). The highest BCUT2D eigenvalue weighted by Gasteiger charge is 2.32. The minimum absolute atomic E-state index is 0. The fraction of sp³-hybridized carbons (Fsp3) is 0.636. The van der Waals surface area contributed by atoms with Gasteiger partial charge in [0, 0.05) is 38.6 Å². The molecule has 8 heteroatoms. The van der Waals surface area contributed by atoms with Crippen molar-refractivity contribution in [3.8, 4) is 11.5 Å². The first-order chi connectivity index (χ1) is 14.1. The molecule has 1 heterocycles. The Bertz CT molecular complexity index is 722. The van der Waals surface area contributed by atoms with Gasteiger partial charge < -0.3 is 25.0 Å². The molecule has 30 heavy (non-hydrogen) atoms. The lowest BCUT2D eigenvalue weighted by Crippen LogP contribution is -2.45. The molecule has 1 saturated heterocycles. The quantitative estimate of drug-likeness (QED) is 0.322. The van der Waals surface area contributed by atoms with Crippen molar-refractivity contribution >= 4 is 35.8 Å². The first-order valence-electron chi connectivity index (χ1n) is 10.7. The van der Waals surface area contributed by atoms with Crippen molar-refractivity contribution in [2.24, 2.45) is 10.9 Å². The number of methoxy groups -OCH3 is 1. The Kier molecular flexibility index (Phi) is 10.0. The lowest BCUT2D eigenvalue weighted by atomic mass is 10.1. The number of likely N-dealkylation sites (tertiary alicyclic amines) is 1. The summed E-state index contributed by atoms with van der Waals surface area (Å²) in [6.07, 6.45) is 5.46. The normalized spacial score (nSPS) is 19.4. The first kappa shape index (κ1) is 24.6. The monoisotopic (exact) mass is 530 g/mol. The zero-order chi connectivity index (χ0) is 20.6. The molecular formula is C22H35IN4O3. The van der Waals surface area contributed by atoms with Crippen molar-refractivity contribution < 1.29 is 14.3 Å². The number of hydrogen-bond acceptors (Lipinski definition) is 4. The molecule has 0 radical (unpaired) electrons. The third-order valence-electron chi connectivity index (χ3n) is 5.76. The van der Waals surface area contributed by atoms with Gasteiger partial charge in [-0.2, -0.15) is 0 Å². The number of carbonyl (C=O) groups excluding carboxylic acids is 1. The highest BCUT2D eigenvalue weighted by molar-refractivity contribution is 14.0. The Morgan fingerprint density at radius 1 is 1.23 bits per heavy atom. The summed E-state index contributed by atoms with van der Waals surface area (Å²) in [4.78, 5) is 19.0. The molecule has 168 valence electrons. The SMILES string of the molecule is CCOc1cc(CNC(=NC)NC2CCN(C(=O)C3CCCC3)C2)ccc1OC.I. The number of ether oxygens (including phenoxy) is 2. The molecule has 0 spiro atoms. The average molecular weight is 530 g/mol. The second-order valence-electron chi connectivity index (χ2n) is 7.74. The van der Waals surface area contributed by atoms with Crippen LogP contribution in [0.4, 0.5) is 0 Å². The van der Waals surface area contributed by atoms with Crippen molar-refractivity contribution in [2.75, 3.05) is 33.9 Å². The minimum atomic E-state index is 0. The van der Waals surface area contributed by atoms with E-state index < -0.39 is 0 Å². The lowest BCUT2D eigenvalue weighted by Gasteiger charge is -2.21. The highest BCUT2D eigenvalue weighted by atomic mass is 127. The Hall–Kier alpha value is -1.71. The van der Waals surface area contributed by atoms with Crippen LogP contribution in [0, 0.1) is 5.92 Å². The molecule has 2 N–H and O–H groups in total. The van der Waals surface area contributed by atoms with Crippen molar-refractivity contribution in [3.63, 3.8) is 0 Å². The first-order valence-corrected chi connectivity index (χ1v) is 10.7. The van der Waals surface area contributed by atoms with Crippen LogP contribution in [-0.4, -0.2) is 56.7 Å². The van der Waals surface area contributed by atoms with Gasteiger partial charge in [-0.05, 0) is 43.9 Å². The maximum Gasteiger partial charge on any atom is 0.225 e. The summed E-state index contributed by atoms with van der Waals surface area (Å²) < 4.78 is 11.0. The van der Waals surface area contributed by atoms with Gasteiger partial charge in [-0.3, -0.25) is 9.79 Å². The molecule has 1 unspecified atom stereocenters. The van der Waals surface area contributed by atoms with Crippen LogP contribution >= 0.6 is 24.0 Å². The smallest absolute Gasteiger partial charge is 0.225 e. The van der Waals surface area contributed by atoms with Gasteiger partial charge in [0.2, 0.25) is 5.91 Å². The fourth-order valence-electron chi connectivity index (χ4n) is 4.18. The van der Waals surface area contributed by atoms with E-state index in [0.717, 1.165) is 55.4 Å². The second-order valence-corrected chi connectivity index (χ2v) is 7.74. The number of aliphatic imine (C=N–C) groups is 1. The van der Waals surface area contributed by atoms with Crippen LogP contribution in [0.3, 0.4) is 0 Å². The standard InChI is InChI=1S/C22H34N4O3.HI/c1-4-29-20-13-16(9-10-19(20)28-3)14-24-22(23-2)25-18-11-12-26(15-18)21(27)17-7-5-6-8-17;/h9-10,13,17-18H,4-8,11-12,14-15H2,1-3H3,(H2,23,24,25);1H. The van der Waals surface area contributed by atoms with E-state index in [4.69, 9.17) is 9.47 Å². The number of benzene rings is 1. The third-order valence-corrected chi connectivity index (χ3v) is 5.76. The average Bonchev–Trinajstić information content (AvgIpc) is 3.43. The number of hydrogen-bond donors (Lipinski definition) is 2. The Labute approximate surface area is 197 Å². The van der Waals surface area contributed by atoms with E-state index in [1.165, 1.54) is 12.8 Å². The maximum atomic E-state index is 12.6. The van der Waals surface area contributed by atoms with Crippen LogP contribution in [0.5, 0.6) is 11.5 Å². The van der Waals surface area contributed by atoms with E-state index in [9.17, 15) is 4.79 Å². The number of nitrogens with one attached hydrogen (secondary N) is 2. The van der Waals surface area contributed by atoms with Crippen LogP contribution < -0.4 is 20.1 Å². The van der Waals surface area contributed by atoms with E-state index in [0.29, 0.717) is 19.1 Å². The molecule has 1 aliphatic heterocycles. The topological polar surface area (TPSA) is 75.2 Å². The maximum absolute atomic E-state index is 12.6. The molecule has 0 aromatic heterocycles.